The highest BCUT2D eigenvalue weighted by molar-refractivity contribution is 9.10. The Morgan fingerprint density at radius 3 is 2.75 bits per heavy atom. The summed E-state index contributed by atoms with van der Waals surface area (Å²) >= 11 is 11.4. The zero-order chi connectivity index (χ0) is 14.1. The monoisotopic (exact) mass is 365 g/mol. The molecule has 0 saturated carbocycles. The zero-order valence-corrected chi connectivity index (χ0v) is 14.0. The summed E-state index contributed by atoms with van der Waals surface area (Å²) in [7, 11) is 0. The van der Waals surface area contributed by atoms with Crippen LogP contribution in [0.3, 0.4) is 0 Å². The summed E-state index contributed by atoms with van der Waals surface area (Å²) in [4.78, 5) is 1.32. The van der Waals surface area contributed by atoms with Crippen molar-refractivity contribution in [3.05, 3.63) is 62.9 Å². The number of fused-ring (bicyclic) bond motifs is 1. The fourth-order valence-corrected chi connectivity index (χ4v) is 3.73. The number of nitrogens with one attached hydrogen (secondary N) is 1. The van der Waals surface area contributed by atoms with Crippen molar-refractivity contribution < 1.29 is 0 Å². The molecule has 0 aliphatic rings. The maximum Gasteiger partial charge on any atom is 0.0579 e. The smallest absolute Gasteiger partial charge is 0.0579 e. The molecule has 0 spiro atoms. The van der Waals surface area contributed by atoms with Crippen molar-refractivity contribution >= 4 is 54.6 Å². The first-order chi connectivity index (χ1) is 9.63. The minimum absolute atomic E-state index is 0.238. The van der Waals surface area contributed by atoms with Crippen molar-refractivity contribution in [2.24, 2.45) is 0 Å². The van der Waals surface area contributed by atoms with E-state index in [-0.39, 0.29) is 6.04 Å². The van der Waals surface area contributed by atoms with Crippen LogP contribution in [0.25, 0.3) is 10.1 Å². The molecule has 1 heterocycles. The number of benzene rings is 2. The lowest BCUT2D eigenvalue weighted by Gasteiger charge is -2.15. The Bertz CT molecular complexity index is 720. The van der Waals surface area contributed by atoms with Gasteiger partial charge in [0.15, 0.2) is 0 Å². The van der Waals surface area contributed by atoms with E-state index in [1.165, 1.54) is 15.0 Å². The highest BCUT2D eigenvalue weighted by Gasteiger charge is 2.11. The molecular formula is C16H13BrClNS. The molecule has 0 aliphatic carbocycles. The van der Waals surface area contributed by atoms with Crippen LogP contribution in [0.5, 0.6) is 0 Å². The van der Waals surface area contributed by atoms with E-state index >= 15 is 0 Å². The Hall–Kier alpha value is -1.03. The first-order valence-electron chi connectivity index (χ1n) is 6.33. The Balaban J connectivity index is 1.88. The van der Waals surface area contributed by atoms with Crippen LogP contribution in [0.4, 0.5) is 5.69 Å². The maximum absolute atomic E-state index is 6.05. The number of hydrogen-bond acceptors (Lipinski definition) is 2. The summed E-state index contributed by atoms with van der Waals surface area (Å²) in [6, 6.07) is 16.7. The predicted octanol–water partition coefficient (Wildman–Crippen LogP) is 6.49. The highest BCUT2D eigenvalue weighted by atomic mass is 79.9. The highest BCUT2D eigenvalue weighted by Crippen LogP contribution is 2.34. The van der Waals surface area contributed by atoms with E-state index in [4.69, 9.17) is 11.6 Å². The van der Waals surface area contributed by atoms with Gasteiger partial charge in [-0.3, -0.25) is 0 Å². The van der Waals surface area contributed by atoms with Crippen LogP contribution in [0.2, 0.25) is 5.02 Å². The van der Waals surface area contributed by atoms with Gasteiger partial charge in [-0.15, -0.1) is 11.3 Å². The second kappa shape index (κ2) is 5.76. The molecule has 4 heteroatoms. The van der Waals surface area contributed by atoms with Crippen LogP contribution < -0.4 is 5.32 Å². The third-order valence-electron chi connectivity index (χ3n) is 3.17. The molecule has 0 aliphatic heterocycles. The zero-order valence-electron chi connectivity index (χ0n) is 10.9. The fourth-order valence-electron chi connectivity index (χ4n) is 2.13. The van der Waals surface area contributed by atoms with Crippen LogP contribution in [-0.4, -0.2) is 0 Å². The Kier molecular flexibility index (Phi) is 4.01. The van der Waals surface area contributed by atoms with Crippen LogP contribution >= 0.6 is 38.9 Å². The van der Waals surface area contributed by atoms with E-state index < -0.39 is 0 Å². The minimum atomic E-state index is 0.238. The first-order valence-corrected chi connectivity index (χ1v) is 8.32. The summed E-state index contributed by atoms with van der Waals surface area (Å²) in [5.41, 5.74) is 1.02. The molecule has 3 rings (SSSR count). The summed E-state index contributed by atoms with van der Waals surface area (Å²) < 4.78 is 2.34. The van der Waals surface area contributed by atoms with Crippen molar-refractivity contribution in [2.45, 2.75) is 13.0 Å². The fraction of sp³-hybridized carbons (Fsp3) is 0.125. The van der Waals surface area contributed by atoms with Crippen molar-refractivity contribution in [1.29, 1.82) is 0 Å². The molecule has 20 heavy (non-hydrogen) atoms. The third kappa shape index (κ3) is 2.85. The number of thiophene rings is 1. The average Bonchev–Trinajstić information content (AvgIpc) is 2.87. The van der Waals surface area contributed by atoms with Crippen molar-refractivity contribution in [2.75, 3.05) is 5.32 Å². The van der Waals surface area contributed by atoms with E-state index in [0.717, 1.165) is 15.2 Å². The van der Waals surface area contributed by atoms with Gasteiger partial charge in [-0.1, -0.05) is 29.8 Å². The van der Waals surface area contributed by atoms with Gasteiger partial charge in [-0.25, -0.2) is 0 Å². The normalized spacial score (nSPS) is 12.6. The molecular weight excluding hydrogens is 354 g/mol. The maximum atomic E-state index is 6.05. The summed E-state index contributed by atoms with van der Waals surface area (Å²) in [6.45, 7) is 2.16. The molecule has 2 aromatic carbocycles. The molecule has 0 bridgehead atoms. The molecule has 1 unspecified atom stereocenters. The molecule has 1 atom stereocenters. The molecule has 0 radical (unpaired) electrons. The number of hydrogen-bond donors (Lipinski definition) is 1. The van der Waals surface area contributed by atoms with Crippen LogP contribution in [0.1, 0.15) is 17.8 Å². The quantitative estimate of drug-likeness (QED) is 0.558. The summed E-state index contributed by atoms with van der Waals surface area (Å²) in [5, 5.41) is 5.54. The van der Waals surface area contributed by atoms with Gasteiger partial charge in [-0.2, -0.15) is 0 Å². The van der Waals surface area contributed by atoms with Crippen molar-refractivity contribution in [3.8, 4) is 0 Å². The molecule has 1 aromatic heterocycles. The van der Waals surface area contributed by atoms with Gasteiger partial charge in [-0.05, 0) is 58.6 Å². The largest absolute Gasteiger partial charge is 0.377 e. The van der Waals surface area contributed by atoms with E-state index in [2.05, 4.69) is 58.5 Å². The van der Waals surface area contributed by atoms with Gasteiger partial charge in [0.2, 0.25) is 0 Å². The van der Waals surface area contributed by atoms with Crippen LogP contribution in [-0.2, 0) is 0 Å². The van der Waals surface area contributed by atoms with Crippen LogP contribution in [0.15, 0.2) is 53.0 Å². The third-order valence-corrected chi connectivity index (χ3v) is 5.40. The molecule has 3 aromatic rings. The molecule has 102 valence electrons. The molecule has 0 saturated heterocycles. The van der Waals surface area contributed by atoms with Gasteiger partial charge in [0.1, 0.15) is 0 Å². The van der Waals surface area contributed by atoms with Crippen molar-refractivity contribution in [1.82, 2.24) is 0 Å². The molecule has 1 nitrogen and oxygen atoms in total. The number of anilines is 1. The van der Waals surface area contributed by atoms with Gasteiger partial charge in [0.25, 0.3) is 0 Å². The Morgan fingerprint density at radius 2 is 1.95 bits per heavy atom. The van der Waals surface area contributed by atoms with E-state index in [1.54, 1.807) is 0 Å². The van der Waals surface area contributed by atoms with Gasteiger partial charge < -0.3 is 5.32 Å². The predicted molar refractivity (Wildman–Crippen MR) is 93.0 cm³/mol. The molecule has 1 N–H and O–H groups in total. The lowest BCUT2D eigenvalue weighted by molar-refractivity contribution is 0.907. The van der Waals surface area contributed by atoms with Gasteiger partial charge >= 0.3 is 0 Å². The van der Waals surface area contributed by atoms with E-state index in [1.807, 2.05) is 29.5 Å². The van der Waals surface area contributed by atoms with Gasteiger partial charge in [0, 0.05) is 19.1 Å². The number of rotatable bonds is 3. The summed E-state index contributed by atoms with van der Waals surface area (Å²) in [6.07, 6.45) is 0. The van der Waals surface area contributed by atoms with Gasteiger partial charge in [0.05, 0.1) is 11.7 Å². The van der Waals surface area contributed by atoms with E-state index in [0.29, 0.717) is 0 Å². The molecule has 0 fully saturated rings. The Labute approximate surface area is 135 Å². The first kappa shape index (κ1) is 13.9. The molecule has 0 amide bonds. The lowest BCUT2D eigenvalue weighted by Crippen LogP contribution is -2.05. The SMILES string of the molecule is CC(Nc1cc(Cl)ccc1Br)c1cc2ccccc2s1. The Morgan fingerprint density at radius 1 is 1.15 bits per heavy atom. The minimum Gasteiger partial charge on any atom is -0.377 e. The second-order valence-corrected chi connectivity index (χ2v) is 7.08. The summed E-state index contributed by atoms with van der Waals surface area (Å²) in [5.74, 6) is 0. The lowest BCUT2D eigenvalue weighted by atomic mass is 10.2. The number of halogens is 2. The average molecular weight is 367 g/mol. The van der Waals surface area contributed by atoms with Crippen molar-refractivity contribution in [3.63, 3.8) is 0 Å². The standard InChI is InChI=1S/C16H13BrClNS/c1-10(19-14-9-12(18)6-7-13(14)17)16-8-11-4-2-3-5-15(11)20-16/h2-10,19H,1H3. The topological polar surface area (TPSA) is 12.0 Å². The van der Waals surface area contributed by atoms with Crippen LogP contribution in [0, 0.1) is 0 Å². The second-order valence-electron chi connectivity index (χ2n) is 4.68. The van der Waals surface area contributed by atoms with E-state index in [9.17, 15) is 0 Å².